The molecule has 1 aliphatic rings. The van der Waals surface area contributed by atoms with E-state index in [1.54, 1.807) is 7.11 Å². The summed E-state index contributed by atoms with van der Waals surface area (Å²) in [6.45, 7) is 6.03. The molecule has 0 amide bonds. The summed E-state index contributed by atoms with van der Waals surface area (Å²) in [6.07, 6.45) is 2.50. The third kappa shape index (κ3) is 4.19. The number of pyridine rings is 1. The highest BCUT2D eigenvalue weighted by Gasteiger charge is 2.16. The zero-order chi connectivity index (χ0) is 13.5. The molecule has 0 spiro atoms. The Bertz CT molecular complexity index is 418. The van der Waals surface area contributed by atoms with Gasteiger partial charge in [-0.15, -0.1) is 0 Å². The molecule has 0 aliphatic carbocycles. The van der Waals surface area contributed by atoms with Gasteiger partial charge in [0.15, 0.2) is 0 Å². The first-order chi connectivity index (χ1) is 9.31. The van der Waals surface area contributed by atoms with Crippen LogP contribution in [0.2, 0.25) is 0 Å². The Hall–Kier alpha value is -1.64. The first-order valence-corrected chi connectivity index (χ1v) is 6.62. The molecule has 0 aromatic carbocycles. The summed E-state index contributed by atoms with van der Waals surface area (Å²) in [7, 11) is 1.63. The van der Waals surface area contributed by atoms with Crippen LogP contribution in [0.3, 0.4) is 0 Å². The number of nitriles is 1. The van der Waals surface area contributed by atoms with Crippen molar-refractivity contribution in [2.45, 2.75) is 13.0 Å². The molecule has 1 saturated heterocycles. The van der Waals surface area contributed by atoms with Crippen molar-refractivity contribution < 1.29 is 4.74 Å². The molecule has 5 nitrogen and oxygen atoms in total. The average molecular weight is 260 g/mol. The minimum Gasteiger partial charge on any atom is -0.481 e. The molecule has 19 heavy (non-hydrogen) atoms. The van der Waals surface area contributed by atoms with Gasteiger partial charge >= 0.3 is 0 Å². The van der Waals surface area contributed by atoms with E-state index >= 15 is 0 Å². The van der Waals surface area contributed by atoms with Gasteiger partial charge in [0.1, 0.15) is 0 Å². The zero-order valence-electron chi connectivity index (χ0n) is 11.4. The van der Waals surface area contributed by atoms with Gasteiger partial charge in [-0.25, -0.2) is 4.98 Å². The average Bonchev–Trinajstić information content (AvgIpc) is 2.47. The van der Waals surface area contributed by atoms with Crippen molar-refractivity contribution in [1.82, 2.24) is 14.8 Å². The van der Waals surface area contributed by atoms with Gasteiger partial charge in [0.2, 0.25) is 5.88 Å². The van der Waals surface area contributed by atoms with Crippen molar-refractivity contribution in [3.8, 4) is 11.9 Å². The molecular formula is C14H20N4O. The fourth-order valence-corrected chi connectivity index (χ4v) is 2.26. The summed E-state index contributed by atoms with van der Waals surface area (Å²) >= 11 is 0. The Morgan fingerprint density at radius 1 is 1.26 bits per heavy atom. The monoisotopic (exact) mass is 260 g/mol. The second-order valence-electron chi connectivity index (χ2n) is 4.73. The third-order valence-electron chi connectivity index (χ3n) is 3.42. The largest absolute Gasteiger partial charge is 0.481 e. The first-order valence-electron chi connectivity index (χ1n) is 6.62. The number of hydrogen-bond donors (Lipinski definition) is 0. The lowest BCUT2D eigenvalue weighted by molar-refractivity contribution is 0.129. The highest BCUT2D eigenvalue weighted by atomic mass is 16.5. The van der Waals surface area contributed by atoms with Crippen LogP contribution in [0.15, 0.2) is 18.3 Å². The van der Waals surface area contributed by atoms with Gasteiger partial charge in [-0.2, -0.15) is 5.26 Å². The summed E-state index contributed by atoms with van der Waals surface area (Å²) in [4.78, 5) is 9.00. The lowest BCUT2D eigenvalue weighted by atomic mass is 10.2. The van der Waals surface area contributed by atoms with Crippen LogP contribution in [0.5, 0.6) is 5.88 Å². The Morgan fingerprint density at radius 3 is 2.58 bits per heavy atom. The quantitative estimate of drug-likeness (QED) is 0.794. The Balaban J connectivity index is 1.77. The molecule has 0 N–H and O–H groups in total. The summed E-state index contributed by atoms with van der Waals surface area (Å²) < 4.78 is 5.05. The van der Waals surface area contributed by atoms with E-state index in [9.17, 15) is 0 Å². The predicted octanol–water partition coefficient (Wildman–Crippen LogP) is 1.12. The second-order valence-corrected chi connectivity index (χ2v) is 4.73. The van der Waals surface area contributed by atoms with Crippen molar-refractivity contribution >= 4 is 0 Å². The van der Waals surface area contributed by atoms with Crippen LogP contribution in [-0.2, 0) is 6.54 Å². The summed E-state index contributed by atoms with van der Waals surface area (Å²) in [5.41, 5.74) is 1.21. The van der Waals surface area contributed by atoms with E-state index in [4.69, 9.17) is 10.00 Å². The molecule has 1 aromatic heterocycles. The maximum absolute atomic E-state index is 8.58. The number of piperazine rings is 1. The highest BCUT2D eigenvalue weighted by molar-refractivity contribution is 5.17. The van der Waals surface area contributed by atoms with Gasteiger partial charge in [0, 0.05) is 58.0 Å². The van der Waals surface area contributed by atoms with Crippen molar-refractivity contribution in [3.05, 3.63) is 23.9 Å². The van der Waals surface area contributed by atoms with E-state index in [0.717, 1.165) is 39.3 Å². The normalized spacial score (nSPS) is 17.1. The number of aromatic nitrogens is 1. The Labute approximate surface area is 114 Å². The molecule has 1 aliphatic heterocycles. The third-order valence-corrected chi connectivity index (χ3v) is 3.42. The van der Waals surface area contributed by atoms with E-state index in [-0.39, 0.29) is 0 Å². The molecule has 0 atom stereocenters. The lowest BCUT2D eigenvalue weighted by Crippen LogP contribution is -2.46. The Kier molecular flexibility index (Phi) is 5.13. The second kappa shape index (κ2) is 7.07. The van der Waals surface area contributed by atoms with Crippen LogP contribution in [-0.4, -0.2) is 54.6 Å². The summed E-state index contributed by atoms with van der Waals surface area (Å²) in [5.74, 6) is 0.657. The van der Waals surface area contributed by atoms with E-state index in [2.05, 4.69) is 26.9 Å². The zero-order valence-corrected chi connectivity index (χ0v) is 11.4. The maximum atomic E-state index is 8.58. The van der Waals surface area contributed by atoms with Crippen molar-refractivity contribution in [2.24, 2.45) is 0 Å². The highest BCUT2D eigenvalue weighted by Crippen LogP contribution is 2.11. The molecule has 102 valence electrons. The fraction of sp³-hybridized carbons (Fsp3) is 0.571. The van der Waals surface area contributed by atoms with E-state index in [1.165, 1.54) is 5.56 Å². The van der Waals surface area contributed by atoms with Crippen LogP contribution >= 0.6 is 0 Å². The van der Waals surface area contributed by atoms with Gasteiger partial charge in [-0.1, -0.05) is 6.07 Å². The number of hydrogen-bond acceptors (Lipinski definition) is 5. The molecule has 2 rings (SSSR count). The summed E-state index contributed by atoms with van der Waals surface area (Å²) in [5, 5.41) is 8.58. The maximum Gasteiger partial charge on any atom is 0.212 e. The molecular weight excluding hydrogens is 240 g/mol. The predicted molar refractivity (Wildman–Crippen MR) is 72.7 cm³/mol. The van der Waals surface area contributed by atoms with Crippen LogP contribution in [0, 0.1) is 11.3 Å². The Morgan fingerprint density at radius 2 is 2.00 bits per heavy atom. The van der Waals surface area contributed by atoms with E-state index < -0.39 is 0 Å². The number of ether oxygens (including phenoxy) is 1. The SMILES string of the molecule is COc1ccc(CN2CCN(CCC#N)CC2)cn1. The minimum absolute atomic E-state index is 0.627. The molecule has 2 heterocycles. The number of rotatable bonds is 5. The van der Waals surface area contributed by atoms with E-state index in [1.807, 2.05) is 12.3 Å². The van der Waals surface area contributed by atoms with Crippen LogP contribution in [0.4, 0.5) is 0 Å². The lowest BCUT2D eigenvalue weighted by Gasteiger charge is -2.34. The van der Waals surface area contributed by atoms with E-state index in [0.29, 0.717) is 12.3 Å². The molecule has 0 radical (unpaired) electrons. The van der Waals surface area contributed by atoms with Gasteiger partial charge in [-0.05, 0) is 5.56 Å². The molecule has 1 aromatic rings. The molecule has 0 saturated carbocycles. The van der Waals surface area contributed by atoms with Gasteiger partial charge in [-0.3, -0.25) is 9.80 Å². The smallest absolute Gasteiger partial charge is 0.212 e. The van der Waals surface area contributed by atoms with Crippen LogP contribution in [0.1, 0.15) is 12.0 Å². The number of methoxy groups -OCH3 is 1. The summed E-state index contributed by atoms with van der Waals surface area (Å²) in [6, 6.07) is 6.17. The van der Waals surface area contributed by atoms with Gasteiger partial charge < -0.3 is 4.74 Å². The van der Waals surface area contributed by atoms with Gasteiger partial charge in [0.25, 0.3) is 0 Å². The number of nitrogens with zero attached hydrogens (tertiary/aromatic N) is 4. The molecule has 5 heteroatoms. The standard InChI is InChI=1S/C14H20N4O/c1-19-14-4-3-13(11-16-14)12-18-9-7-17(8-10-18)6-2-5-15/h3-4,11H,2,6-10,12H2,1H3. The molecule has 0 bridgehead atoms. The topological polar surface area (TPSA) is 52.4 Å². The van der Waals surface area contributed by atoms with Crippen molar-refractivity contribution in [3.63, 3.8) is 0 Å². The van der Waals surface area contributed by atoms with Gasteiger partial charge in [0.05, 0.1) is 13.2 Å². The molecule has 1 fully saturated rings. The van der Waals surface area contributed by atoms with Crippen LogP contribution < -0.4 is 4.74 Å². The fourth-order valence-electron chi connectivity index (χ4n) is 2.26. The van der Waals surface area contributed by atoms with Crippen LogP contribution in [0.25, 0.3) is 0 Å². The first kappa shape index (κ1) is 13.8. The minimum atomic E-state index is 0.627. The molecule has 0 unspecified atom stereocenters. The van der Waals surface area contributed by atoms with Crippen molar-refractivity contribution in [1.29, 1.82) is 5.26 Å². The van der Waals surface area contributed by atoms with Crippen molar-refractivity contribution in [2.75, 3.05) is 39.8 Å².